The summed E-state index contributed by atoms with van der Waals surface area (Å²) in [5, 5.41) is 9.02. The molecule has 0 aromatic heterocycles. The van der Waals surface area contributed by atoms with Crippen LogP contribution in [0.4, 0.5) is 36.4 Å². The minimum absolute atomic E-state index is 0.0563. The maximum atomic E-state index is 14.2. The number of hydrogen-bond acceptors (Lipinski definition) is 2. The maximum absolute atomic E-state index is 14.2. The zero-order valence-corrected chi connectivity index (χ0v) is 12.5. The van der Waals surface area contributed by atoms with Crippen LogP contribution < -0.4 is 5.73 Å². The second-order valence-corrected chi connectivity index (χ2v) is 5.23. The highest BCUT2D eigenvalue weighted by Crippen LogP contribution is 2.40. The predicted molar refractivity (Wildman–Crippen MR) is 75.7 cm³/mol. The van der Waals surface area contributed by atoms with Crippen molar-refractivity contribution in [2.45, 2.75) is 19.3 Å². The predicted octanol–water partition coefficient (Wildman–Crippen LogP) is 5.29. The van der Waals surface area contributed by atoms with E-state index in [9.17, 15) is 30.7 Å². The van der Waals surface area contributed by atoms with E-state index in [1.807, 2.05) is 0 Å². The molecule has 0 radical (unpaired) electrons. The highest BCUT2D eigenvalue weighted by atomic mass is 19.4. The first-order chi connectivity index (χ1) is 11.4. The molecule has 0 saturated heterocycles. The summed E-state index contributed by atoms with van der Waals surface area (Å²) >= 11 is 0. The van der Waals surface area contributed by atoms with Gasteiger partial charge in [0, 0.05) is 5.56 Å². The summed E-state index contributed by atoms with van der Waals surface area (Å²) < 4.78 is 91.8. The van der Waals surface area contributed by atoms with E-state index in [0.717, 1.165) is 0 Å². The summed E-state index contributed by atoms with van der Waals surface area (Å²) in [6.45, 7) is 1.20. The lowest BCUT2D eigenvalue weighted by Crippen LogP contribution is -2.11. The van der Waals surface area contributed by atoms with Gasteiger partial charge in [-0.3, -0.25) is 0 Å². The zero-order chi connectivity index (χ0) is 19.2. The SMILES string of the molecule is Cc1c(C#N)c(N)cc(F)c1-c1cc(C(F)(F)F)cc(C(F)(F)F)c1. The first kappa shape index (κ1) is 18.6. The van der Waals surface area contributed by atoms with E-state index in [4.69, 9.17) is 11.0 Å². The van der Waals surface area contributed by atoms with Crippen molar-refractivity contribution in [2.75, 3.05) is 5.73 Å². The molecule has 0 bridgehead atoms. The Balaban J connectivity index is 2.87. The van der Waals surface area contributed by atoms with Gasteiger partial charge in [0.1, 0.15) is 11.9 Å². The minimum atomic E-state index is -5.06. The summed E-state index contributed by atoms with van der Waals surface area (Å²) in [7, 11) is 0. The molecule has 2 aromatic carbocycles. The monoisotopic (exact) mass is 362 g/mol. The minimum Gasteiger partial charge on any atom is -0.398 e. The largest absolute Gasteiger partial charge is 0.416 e. The van der Waals surface area contributed by atoms with Crippen LogP contribution in [-0.2, 0) is 12.4 Å². The molecule has 0 fully saturated rings. The molecule has 0 aliphatic heterocycles. The average molecular weight is 362 g/mol. The first-order valence-corrected chi connectivity index (χ1v) is 6.64. The van der Waals surface area contributed by atoms with E-state index in [0.29, 0.717) is 18.2 Å². The fourth-order valence-corrected chi connectivity index (χ4v) is 2.40. The quantitative estimate of drug-likeness (QED) is 0.553. The van der Waals surface area contributed by atoms with Crippen molar-refractivity contribution in [1.29, 1.82) is 5.26 Å². The van der Waals surface area contributed by atoms with Crippen molar-refractivity contribution in [3.63, 3.8) is 0 Å². The number of benzene rings is 2. The first-order valence-electron chi connectivity index (χ1n) is 6.64. The van der Waals surface area contributed by atoms with Gasteiger partial charge in [0.25, 0.3) is 0 Å². The maximum Gasteiger partial charge on any atom is 0.416 e. The molecular weight excluding hydrogens is 353 g/mol. The normalized spacial score (nSPS) is 12.1. The molecule has 0 unspecified atom stereocenters. The fraction of sp³-hybridized carbons (Fsp3) is 0.188. The van der Waals surface area contributed by atoms with E-state index >= 15 is 0 Å². The third kappa shape index (κ3) is 3.52. The molecule has 0 amide bonds. The highest BCUT2D eigenvalue weighted by molar-refractivity contribution is 5.76. The number of nitrogen functional groups attached to an aromatic ring is 1. The summed E-state index contributed by atoms with van der Waals surface area (Å²) in [4.78, 5) is 0. The van der Waals surface area contributed by atoms with E-state index in [2.05, 4.69) is 0 Å². The van der Waals surface area contributed by atoms with Crippen molar-refractivity contribution in [3.05, 3.63) is 52.3 Å². The lowest BCUT2D eigenvalue weighted by Gasteiger charge is -2.17. The van der Waals surface area contributed by atoms with E-state index in [1.54, 1.807) is 6.07 Å². The third-order valence-corrected chi connectivity index (χ3v) is 3.55. The van der Waals surface area contributed by atoms with Crippen molar-refractivity contribution < 1.29 is 30.7 Å². The van der Waals surface area contributed by atoms with Crippen LogP contribution in [0, 0.1) is 24.1 Å². The molecule has 0 saturated carbocycles. The van der Waals surface area contributed by atoms with E-state index < -0.39 is 40.4 Å². The number of hydrogen-bond donors (Lipinski definition) is 1. The van der Waals surface area contributed by atoms with Gasteiger partial charge in [-0.05, 0) is 42.3 Å². The molecule has 2 nitrogen and oxygen atoms in total. The molecule has 0 atom stereocenters. The van der Waals surface area contributed by atoms with Crippen molar-refractivity contribution in [2.24, 2.45) is 0 Å². The highest BCUT2D eigenvalue weighted by Gasteiger charge is 2.37. The second kappa shape index (κ2) is 5.95. The zero-order valence-electron chi connectivity index (χ0n) is 12.5. The Morgan fingerprint density at radius 1 is 0.920 bits per heavy atom. The molecule has 2 rings (SSSR count). The Labute approximate surface area is 137 Å². The lowest BCUT2D eigenvalue weighted by atomic mass is 9.92. The lowest BCUT2D eigenvalue weighted by molar-refractivity contribution is -0.143. The van der Waals surface area contributed by atoms with Crippen LogP contribution in [0.25, 0.3) is 11.1 Å². The van der Waals surface area contributed by atoms with Crippen molar-refractivity contribution in [3.8, 4) is 17.2 Å². The van der Waals surface area contributed by atoms with Gasteiger partial charge in [-0.25, -0.2) is 4.39 Å². The van der Waals surface area contributed by atoms with Crippen LogP contribution in [0.15, 0.2) is 24.3 Å². The van der Waals surface area contributed by atoms with Gasteiger partial charge in [-0.1, -0.05) is 0 Å². The Morgan fingerprint density at radius 2 is 1.40 bits per heavy atom. The molecule has 2 aromatic rings. The number of nitrogens with zero attached hydrogens (tertiary/aromatic N) is 1. The van der Waals surface area contributed by atoms with Crippen LogP contribution in [0.5, 0.6) is 0 Å². The Kier molecular flexibility index (Phi) is 4.42. The van der Waals surface area contributed by atoms with E-state index in [-0.39, 0.29) is 22.9 Å². The summed E-state index contributed by atoms with van der Waals surface area (Å²) in [6.07, 6.45) is -10.1. The Hall–Kier alpha value is -2.76. The van der Waals surface area contributed by atoms with Crippen molar-refractivity contribution in [1.82, 2.24) is 0 Å². The van der Waals surface area contributed by atoms with Crippen LogP contribution in [0.2, 0.25) is 0 Å². The molecule has 0 heterocycles. The number of nitrogens with two attached hydrogens (primary N) is 1. The van der Waals surface area contributed by atoms with Gasteiger partial charge < -0.3 is 5.73 Å². The molecule has 25 heavy (non-hydrogen) atoms. The van der Waals surface area contributed by atoms with Gasteiger partial charge in [0.2, 0.25) is 0 Å². The number of rotatable bonds is 1. The standard InChI is InChI=1S/C16H9F7N2/c1-7-11(6-24)13(25)5-12(17)14(7)8-2-9(15(18,19)20)4-10(3-8)16(21,22)23/h2-5H,25H2,1H3. The van der Waals surface area contributed by atoms with Crippen molar-refractivity contribution >= 4 is 5.69 Å². The van der Waals surface area contributed by atoms with Crippen LogP contribution in [-0.4, -0.2) is 0 Å². The number of anilines is 1. The summed E-state index contributed by atoms with van der Waals surface area (Å²) in [5.74, 6) is -1.12. The molecule has 132 valence electrons. The molecule has 0 spiro atoms. The smallest absolute Gasteiger partial charge is 0.398 e. The number of alkyl halides is 6. The third-order valence-electron chi connectivity index (χ3n) is 3.55. The summed E-state index contributed by atoms with van der Waals surface area (Å²) in [5.41, 5.74) is 0.491. The summed E-state index contributed by atoms with van der Waals surface area (Å²) in [6, 6.07) is 3.09. The number of nitriles is 1. The van der Waals surface area contributed by atoms with Gasteiger partial charge in [0.15, 0.2) is 0 Å². The second-order valence-electron chi connectivity index (χ2n) is 5.23. The topological polar surface area (TPSA) is 49.8 Å². The van der Waals surface area contributed by atoms with Gasteiger partial charge in [0.05, 0.1) is 22.4 Å². The Morgan fingerprint density at radius 3 is 1.80 bits per heavy atom. The average Bonchev–Trinajstić information content (AvgIpc) is 2.45. The molecule has 0 aliphatic carbocycles. The molecule has 2 N–H and O–H groups in total. The fourth-order valence-electron chi connectivity index (χ4n) is 2.40. The molecular formula is C16H9F7N2. The number of halogens is 7. The van der Waals surface area contributed by atoms with Gasteiger partial charge >= 0.3 is 12.4 Å². The molecule has 9 heteroatoms. The van der Waals surface area contributed by atoms with Gasteiger partial charge in [-0.15, -0.1) is 0 Å². The van der Waals surface area contributed by atoms with Crippen LogP contribution in [0.1, 0.15) is 22.3 Å². The van der Waals surface area contributed by atoms with Crippen LogP contribution >= 0.6 is 0 Å². The van der Waals surface area contributed by atoms with Gasteiger partial charge in [-0.2, -0.15) is 31.6 Å². The van der Waals surface area contributed by atoms with Crippen LogP contribution in [0.3, 0.4) is 0 Å². The Bertz CT molecular complexity index is 842. The molecule has 0 aliphatic rings. The van der Waals surface area contributed by atoms with E-state index in [1.165, 1.54) is 6.92 Å².